The molecule has 46 valence electrons. The highest BCUT2D eigenvalue weighted by Gasteiger charge is 2.20. The Hall–Kier alpha value is -0.260. The molecule has 0 bridgehead atoms. The van der Waals surface area contributed by atoms with Gasteiger partial charge in [-0.3, -0.25) is 0 Å². The van der Waals surface area contributed by atoms with E-state index in [0.29, 0.717) is 0 Å². The molecule has 2 unspecified atom stereocenters. The minimum absolute atomic E-state index is 0.891. The van der Waals surface area contributed by atoms with Crippen LogP contribution in [0.5, 0.6) is 0 Å². The van der Waals surface area contributed by atoms with E-state index in [1.165, 1.54) is 18.4 Å². The molecular formula is C8H14. The summed E-state index contributed by atoms with van der Waals surface area (Å²) in [4.78, 5) is 0. The summed E-state index contributed by atoms with van der Waals surface area (Å²) in [5.74, 6) is 1.78. The molecule has 1 rings (SSSR count). The molecule has 0 saturated heterocycles. The molecule has 8 heavy (non-hydrogen) atoms. The van der Waals surface area contributed by atoms with Crippen LogP contribution in [0.4, 0.5) is 0 Å². The van der Waals surface area contributed by atoms with Crippen molar-refractivity contribution in [1.29, 1.82) is 0 Å². The van der Waals surface area contributed by atoms with Gasteiger partial charge < -0.3 is 0 Å². The molecular weight excluding hydrogens is 96.1 g/mol. The van der Waals surface area contributed by atoms with Crippen LogP contribution in [0.1, 0.15) is 26.7 Å². The first-order valence-corrected chi connectivity index (χ1v) is 3.37. The maximum Gasteiger partial charge on any atom is -0.0294 e. The lowest BCUT2D eigenvalue weighted by atomic mass is 10.0. The molecule has 0 aromatic carbocycles. The van der Waals surface area contributed by atoms with Crippen LogP contribution in [0.15, 0.2) is 12.2 Å². The topological polar surface area (TPSA) is 0 Å². The Kier molecular flexibility index (Phi) is 1.41. The molecule has 0 heterocycles. The van der Waals surface area contributed by atoms with Crippen LogP contribution in [0.25, 0.3) is 0 Å². The average molecular weight is 110 g/mol. The predicted octanol–water partition coefficient (Wildman–Crippen LogP) is 2.61. The number of hydrogen-bond donors (Lipinski definition) is 0. The smallest absolute Gasteiger partial charge is 0.0294 e. The van der Waals surface area contributed by atoms with Crippen molar-refractivity contribution in [2.75, 3.05) is 0 Å². The van der Waals surface area contributed by atoms with Crippen molar-refractivity contribution in [3.63, 3.8) is 0 Å². The van der Waals surface area contributed by atoms with Gasteiger partial charge in [-0.2, -0.15) is 0 Å². The minimum atomic E-state index is 0.891. The van der Waals surface area contributed by atoms with Gasteiger partial charge in [-0.1, -0.05) is 26.0 Å². The van der Waals surface area contributed by atoms with Gasteiger partial charge >= 0.3 is 0 Å². The van der Waals surface area contributed by atoms with Crippen molar-refractivity contribution in [2.45, 2.75) is 26.7 Å². The summed E-state index contributed by atoms with van der Waals surface area (Å²) in [5, 5.41) is 0. The van der Waals surface area contributed by atoms with Gasteiger partial charge in [-0.15, -0.1) is 0 Å². The molecule has 1 aliphatic carbocycles. The Morgan fingerprint density at radius 2 is 1.62 bits per heavy atom. The lowest BCUT2D eigenvalue weighted by Gasteiger charge is -2.04. The summed E-state index contributed by atoms with van der Waals surface area (Å²) in [6, 6.07) is 0. The fourth-order valence-corrected chi connectivity index (χ4v) is 1.40. The Morgan fingerprint density at radius 3 is 1.75 bits per heavy atom. The monoisotopic (exact) mass is 110 g/mol. The summed E-state index contributed by atoms with van der Waals surface area (Å²) >= 11 is 0. The second-order valence-corrected chi connectivity index (χ2v) is 3.11. The molecule has 0 aromatic heterocycles. The zero-order valence-corrected chi connectivity index (χ0v) is 5.78. The fourth-order valence-electron chi connectivity index (χ4n) is 1.40. The Labute approximate surface area is 51.6 Å². The Bertz CT molecular complexity index is 90.6. The lowest BCUT2D eigenvalue weighted by Crippen LogP contribution is -1.95. The van der Waals surface area contributed by atoms with Gasteiger partial charge in [0.2, 0.25) is 0 Å². The zero-order valence-electron chi connectivity index (χ0n) is 5.78. The average Bonchev–Trinajstić information content (AvgIpc) is 1.85. The van der Waals surface area contributed by atoms with Crippen molar-refractivity contribution >= 4 is 0 Å². The summed E-state index contributed by atoms with van der Waals surface area (Å²) in [7, 11) is 0. The Morgan fingerprint density at radius 1 is 1.25 bits per heavy atom. The highest BCUT2D eigenvalue weighted by molar-refractivity contribution is 5.03. The van der Waals surface area contributed by atoms with Gasteiger partial charge in [-0.05, 0) is 24.7 Å². The van der Waals surface area contributed by atoms with E-state index in [4.69, 9.17) is 0 Å². The molecule has 0 aromatic rings. The van der Waals surface area contributed by atoms with Crippen LogP contribution < -0.4 is 0 Å². The van der Waals surface area contributed by atoms with E-state index in [2.05, 4.69) is 20.4 Å². The second kappa shape index (κ2) is 1.93. The van der Waals surface area contributed by atoms with Gasteiger partial charge in [0.1, 0.15) is 0 Å². The molecule has 2 atom stereocenters. The van der Waals surface area contributed by atoms with Gasteiger partial charge in [0, 0.05) is 0 Å². The van der Waals surface area contributed by atoms with Gasteiger partial charge in [0.25, 0.3) is 0 Å². The predicted molar refractivity (Wildman–Crippen MR) is 36.7 cm³/mol. The van der Waals surface area contributed by atoms with Crippen LogP contribution in [0, 0.1) is 11.8 Å². The molecule has 0 N–H and O–H groups in total. The molecule has 0 amide bonds. The van der Waals surface area contributed by atoms with Gasteiger partial charge in [-0.25, -0.2) is 0 Å². The van der Waals surface area contributed by atoms with Crippen LogP contribution in [0.2, 0.25) is 0 Å². The third kappa shape index (κ3) is 0.936. The Balaban J connectivity index is 2.51. The van der Waals surface area contributed by atoms with Crippen molar-refractivity contribution in [1.82, 2.24) is 0 Å². The molecule has 0 heteroatoms. The molecule has 0 radical (unpaired) electrons. The molecule has 1 saturated carbocycles. The first-order chi connectivity index (χ1) is 3.70. The van der Waals surface area contributed by atoms with E-state index >= 15 is 0 Å². The van der Waals surface area contributed by atoms with Gasteiger partial charge in [0.05, 0.1) is 0 Å². The van der Waals surface area contributed by atoms with E-state index in [-0.39, 0.29) is 0 Å². The fraction of sp³-hybridized carbons (Fsp3) is 0.750. The van der Waals surface area contributed by atoms with E-state index in [1.54, 1.807) is 0 Å². The third-order valence-corrected chi connectivity index (χ3v) is 2.19. The summed E-state index contributed by atoms with van der Waals surface area (Å²) in [5.41, 5.74) is 1.45. The van der Waals surface area contributed by atoms with Crippen LogP contribution in [-0.4, -0.2) is 0 Å². The largest absolute Gasteiger partial charge is 0.0998 e. The first-order valence-electron chi connectivity index (χ1n) is 3.37. The second-order valence-electron chi connectivity index (χ2n) is 3.11. The lowest BCUT2D eigenvalue weighted by molar-refractivity contribution is 0.457. The molecule has 1 fully saturated rings. The van der Waals surface area contributed by atoms with E-state index < -0.39 is 0 Å². The molecule has 0 aliphatic heterocycles. The first kappa shape index (κ1) is 5.87. The highest BCUT2D eigenvalue weighted by atomic mass is 14.3. The summed E-state index contributed by atoms with van der Waals surface area (Å²) < 4.78 is 0. The minimum Gasteiger partial charge on any atom is -0.0998 e. The van der Waals surface area contributed by atoms with Crippen molar-refractivity contribution in [3.05, 3.63) is 12.2 Å². The van der Waals surface area contributed by atoms with E-state index in [1.807, 2.05) is 0 Å². The SMILES string of the molecule is C=C1CC(C)C(C)C1. The molecule has 0 spiro atoms. The maximum absolute atomic E-state index is 3.96. The standard InChI is InChI=1S/C8H14/c1-6-4-7(2)8(3)5-6/h7-8H,1,4-5H2,2-3H3. The zero-order chi connectivity index (χ0) is 6.15. The highest BCUT2D eigenvalue weighted by Crippen LogP contribution is 2.33. The van der Waals surface area contributed by atoms with Crippen LogP contribution in [0.3, 0.4) is 0 Å². The quantitative estimate of drug-likeness (QED) is 0.420. The number of rotatable bonds is 0. The van der Waals surface area contributed by atoms with Crippen LogP contribution >= 0.6 is 0 Å². The van der Waals surface area contributed by atoms with Gasteiger partial charge in [0.15, 0.2) is 0 Å². The number of allylic oxidation sites excluding steroid dienone is 1. The maximum atomic E-state index is 3.96. The summed E-state index contributed by atoms with van der Waals surface area (Å²) in [6.07, 6.45) is 2.53. The van der Waals surface area contributed by atoms with Crippen LogP contribution in [-0.2, 0) is 0 Å². The third-order valence-electron chi connectivity index (χ3n) is 2.19. The summed E-state index contributed by atoms with van der Waals surface area (Å²) in [6.45, 7) is 8.57. The molecule has 1 aliphatic rings. The van der Waals surface area contributed by atoms with Crippen molar-refractivity contribution < 1.29 is 0 Å². The normalized spacial score (nSPS) is 38.5. The van der Waals surface area contributed by atoms with E-state index in [9.17, 15) is 0 Å². The number of hydrogen-bond acceptors (Lipinski definition) is 0. The molecule has 0 nitrogen and oxygen atoms in total. The van der Waals surface area contributed by atoms with Crippen molar-refractivity contribution in [2.24, 2.45) is 11.8 Å². The van der Waals surface area contributed by atoms with Crippen molar-refractivity contribution in [3.8, 4) is 0 Å². The van der Waals surface area contributed by atoms with E-state index in [0.717, 1.165) is 11.8 Å².